The van der Waals surface area contributed by atoms with Crippen LogP contribution in [0.5, 0.6) is 0 Å². The zero-order valence-electron chi connectivity index (χ0n) is 10.9. The largest absolute Gasteiger partial charge is 0.445 e. The topological polar surface area (TPSA) is 37.8 Å². The molecule has 0 aromatic carbocycles. The molecule has 1 aromatic rings. The molecule has 0 spiro atoms. The molecule has 3 nitrogen and oxygen atoms in total. The number of nitrogens with zero attached hydrogens (tertiary/aromatic N) is 2. The van der Waals surface area contributed by atoms with E-state index in [1.54, 1.807) is 0 Å². The van der Waals surface area contributed by atoms with E-state index in [1.165, 1.54) is 0 Å². The summed E-state index contributed by atoms with van der Waals surface area (Å²) in [6.45, 7) is 9.03. The van der Waals surface area contributed by atoms with Crippen LogP contribution in [0.4, 0.5) is 18.3 Å². The first-order valence-corrected chi connectivity index (χ1v) is 6.68. The molecule has 0 aliphatic rings. The first-order valence-electron chi connectivity index (χ1n) is 5.86. The fraction of sp³-hybridized carbons (Fsp3) is 0.818. The van der Waals surface area contributed by atoms with Gasteiger partial charge in [-0.1, -0.05) is 39.0 Å². The monoisotopic (exact) mass is 281 g/mol. The lowest BCUT2D eigenvalue weighted by Gasteiger charge is -2.24. The van der Waals surface area contributed by atoms with Crippen LogP contribution < -0.4 is 5.32 Å². The minimum atomic E-state index is -4.41. The molecule has 0 fully saturated rings. The molecule has 0 unspecified atom stereocenters. The van der Waals surface area contributed by atoms with Crippen molar-refractivity contribution in [2.75, 3.05) is 11.9 Å². The molecule has 0 aliphatic carbocycles. The van der Waals surface area contributed by atoms with Crippen LogP contribution in [0.15, 0.2) is 0 Å². The van der Waals surface area contributed by atoms with Crippen molar-refractivity contribution in [1.29, 1.82) is 0 Å². The highest BCUT2D eigenvalue weighted by atomic mass is 32.1. The van der Waals surface area contributed by atoms with E-state index in [0.717, 1.165) is 0 Å². The van der Waals surface area contributed by atoms with Crippen LogP contribution in [-0.2, 0) is 6.18 Å². The molecular weight excluding hydrogens is 263 g/mol. The Morgan fingerprint density at radius 3 is 2.06 bits per heavy atom. The van der Waals surface area contributed by atoms with Crippen molar-refractivity contribution in [2.45, 2.75) is 33.9 Å². The normalized spacial score (nSPS) is 12.8. The third-order valence-corrected chi connectivity index (χ3v) is 3.79. The number of rotatable bonds is 5. The Hall–Kier alpha value is -0.850. The fourth-order valence-corrected chi connectivity index (χ4v) is 2.47. The number of anilines is 1. The predicted molar refractivity (Wildman–Crippen MR) is 66.6 cm³/mol. The molecule has 7 heteroatoms. The third-order valence-electron chi connectivity index (χ3n) is 2.87. The van der Waals surface area contributed by atoms with Gasteiger partial charge in [0.05, 0.1) is 0 Å². The first-order chi connectivity index (χ1) is 8.21. The Morgan fingerprint density at radius 1 is 1.11 bits per heavy atom. The average molecular weight is 281 g/mol. The van der Waals surface area contributed by atoms with Gasteiger partial charge < -0.3 is 5.32 Å². The molecule has 1 rings (SSSR count). The van der Waals surface area contributed by atoms with Crippen LogP contribution in [0.1, 0.15) is 32.7 Å². The van der Waals surface area contributed by atoms with Gasteiger partial charge in [-0.05, 0) is 17.8 Å². The second kappa shape index (κ2) is 5.86. The Labute approximate surface area is 109 Å². The molecule has 0 radical (unpaired) electrons. The number of halogens is 3. The third kappa shape index (κ3) is 4.12. The molecule has 0 aliphatic heterocycles. The van der Waals surface area contributed by atoms with Gasteiger partial charge in [-0.25, -0.2) is 0 Å². The summed E-state index contributed by atoms with van der Waals surface area (Å²) in [5, 5.41) is 8.92. The Kier molecular flexibility index (Phi) is 4.95. The average Bonchev–Trinajstić information content (AvgIpc) is 2.64. The van der Waals surface area contributed by atoms with Crippen LogP contribution in [0.25, 0.3) is 0 Å². The highest BCUT2D eigenvalue weighted by Gasteiger charge is 2.35. The van der Waals surface area contributed by atoms with Crippen molar-refractivity contribution in [3.8, 4) is 0 Å². The lowest BCUT2D eigenvalue weighted by molar-refractivity contribution is -0.138. The van der Waals surface area contributed by atoms with Gasteiger partial charge in [-0.15, -0.1) is 10.2 Å². The van der Waals surface area contributed by atoms with E-state index in [9.17, 15) is 13.2 Å². The van der Waals surface area contributed by atoms with E-state index < -0.39 is 11.2 Å². The molecule has 18 heavy (non-hydrogen) atoms. The summed E-state index contributed by atoms with van der Waals surface area (Å²) in [5.41, 5.74) is 0. The Morgan fingerprint density at radius 2 is 1.67 bits per heavy atom. The number of hydrogen-bond acceptors (Lipinski definition) is 4. The molecule has 1 N–H and O–H groups in total. The van der Waals surface area contributed by atoms with E-state index in [1.807, 2.05) is 0 Å². The molecule has 104 valence electrons. The standard InChI is InChI=1S/C11H18F3N3S/c1-6(2)8(7(3)4)5-15-10-17-16-9(18-10)11(12,13)14/h6-8H,5H2,1-4H3,(H,15,17). The quantitative estimate of drug-likeness (QED) is 0.889. The van der Waals surface area contributed by atoms with E-state index >= 15 is 0 Å². The lowest BCUT2D eigenvalue weighted by atomic mass is 9.86. The van der Waals surface area contributed by atoms with Gasteiger partial charge >= 0.3 is 6.18 Å². The van der Waals surface area contributed by atoms with Crippen molar-refractivity contribution in [1.82, 2.24) is 10.2 Å². The molecule has 0 amide bonds. The fourth-order valence-electron chi connectivity index (χ4n) is 1.86. The number of hydrogen-bond donors (Lipinski definition) is 1. The molecule has 0 saturated carbocycles. The van der Waals surface area contributed by atoms with Gasteiger partial charge in [0, 0.05) is 6.54 Å². The summed E-state index contributed by atoms with van der Waals surface area (Å²) in [5.74, 6) is 1.32. The van der Waals surface area contributed by atoms with Crippen LogP contribution in [0.2, 0.25) is 0 Å². The maximum atomic E-state index is 12.3. The van der Waals surface area contributed by atoms with Gasteiger partial charge in [-0.2, -0.15) is 13.2 Å². The molecule has 0 saturated heterocycles. The van der Waals surface area contributed by atoms with E-state index in [2.05, 4.69) is 43.2 Å². The van der Waals surface area contributed by atoms with Crippen molar-refractivity contribution >= 4 is 16.5 Å². The molecular formula is C11H18F3N3S. The highest BCUT2D eigenvalue weighted by Crippen LogP contribution is 2.33. The summed E-state index contributed by atoms with van der Waals surface area (Å²) in [6, 6.07) is 0. The maximum Gasteiger partial charge on any atom is 0.445 e. The maximum absolute atomic E-state index is 12.3. The summed E-state index contributed by atoms with van der Waals surface area (Å²) in [6.07, 6.45) is -4.41. The smallest absolute Gasteiger partial charge is 0.360 e. The number of aromatic nitrogens is 2. The van der Waals surface area contributed by atoms with Gasteiger partial charge in [0.15, 0.2) is 0 Å². The first kappa shape index (κ1) is 15.2. The highest BCUT2D eigenvalue weighted by molar-refractivity contribution is 7.15. The van der Waals surface area contributed by atoms with Crippen LogP contribution in [0, 0.1) is 17.8 Å². The molecule has 0 atom stereocenters. The van der Waals surface area contributed by atoms with Crippen LogP contribution in [0.3, 0.4) is 0 Å². The van der Waals surface area contributed by atoms with Crippen molar-refractivity contribution in [3.63, 3.8) is 0 Å². The number of alkyl halides is 3. The zero-order chi connectivity index (χ0) is 13.9. The summed E-state index contributed by atoms with van der Waals surface area (Å²) in [4.78, 5) is 0. The zero-order valence-corrected chi connectivity index (χ0v) is 11.7. The Bertz CT molecular complexity index is 366. The Balaban J connectivity index is 2.61. The minimum Gasteiger partial charge on any atom is -0.360 e. The second-order valence-electron chi connectivity index (χ2n) is 4.94. The van der Waals surface area contributed by atoms with E-state index in [-0.39, 0.29) is 5.13 Å². The van der Waals surface area contributed by atoms with Crippen molar-refractivity contribution < 1.29 is 13.2 Å². The molecule has 0 bridgehead atoms. The number of nitrogens with one attached hydrogen (secondary N) is 1. The second-order valence-corrected chi connectivity index (χ2v) is 5.92. The van der Waals surface area contributed by atoms with Crippen LogP contribution in [-0.4, -0.2) is 16.7 Å². The van der Waals surface area contributed by atoms with E-state index in [0.29, 0.717) is 35.6 Å². The van der Waals surface area contributed by atoms with Gasteiger partial charge in [-0.3, -0.25) is 0 Å². The van der Waals surface area contributed by atoms with Gasteiger partial charge in [0.1, 0.15) is 0 Å². The molecule has 1 heterocycles. The summed E-state index contributed by atoms with van der Waals surface area (Å²) < 4.78 is 37.0. The summed E-state index contributed by atoms with van der Waals surface area (Å²) >= 11 is 0.547. The van der Waals surface area contributed by atoms with Crippen molar-refractivity contribution in [3.05, 3.63) is 5.01 Å². The molecule has 1 aromatic heterocycles. The minimum absolute atomic E-state index is 0.230. The van der Waals surface area contributed by atoms with Crippen LogP contribution >= 0.6 is 11.3 Å². The SMILES string of the molecule is CC(C)C(CNc1nnc(C(F)(F)F)s1)C(C)C. The lowest BCUT2D eigenvalue weighted by Crippen LogP contribution is -2.24. The summed E-state index contributed by atoms with van der Waals surface area (Å²) in [7, 11) is 0. The van der Waals surface area contributed by atoms with Crippen molar-refractivity contribution in [2.24, 2.45) is 17.8 Å². The van der Waals surface area contributed by atoms with E-state index in [4.69, 9.17) is 0 Å². The van der Waals surface area contributed by atoms with Gasteiger partial charge in [0.2, 0.25) is 10.1 Å². The predicted octanol–water partition coefficient (Wildman–Crippen LogP) is 3.90. The van der Waals surface area contributed by atoms with Gasteiger partial charge in [0.25, 0.3) is 0 Å².